The normalized spacial score (nSPS) is 11.6. The van der Waals surface area contributed by atoms with E-state index in [1.165, 1.54) is 10.4 Å². The summed E-state index contributed by atoms with van der Waals surface area (Å²) >= 11 is 0. The second-order valence-electron chi connectivity index (χ2n) is 5.62. The molecular weight excluding hydrogens is 326 g/mol. The summed E-state index contributed by atoms with van der Waals surface area (Å²) in [5, 5.41) is 0. The maximum atomic E-state index is 13.0. The van der Waals surface area contributed by atoms with Crippen molar-refractivity contribution in [2.45, 2.75) is 24.8 Å². The van der Waals surface area contributed by atoms with Crippen molar-refractivity contribution < 1.29 is 13.2 Å². The quantitative estimate of drug-likeness (QED) is 0.743. The molecule has 0 saturated carbocycles. The van der Waals surface area contributed by atoms with Gasteiger partial charge in [0.1, 0.15) is 0 Å². The van der Waals surface area contributed by atoms with Crippen LogP contribution >= 0.6 is 0 Å². The molecule has 0 saturated heterocycles. The molecule has 0 aliphatic rings. The van der Waals surface area contributed by atoms with Crippen LogP contribution in [0.3, 0.4) is 0 Å². The molecule has 1 amide bonds. The number of hydrogen-bond acceptors (Lipinski definition) is 4. The van der Waals surface area contributed by atoms with E-state index in [0.717, 1.165) is 11.1 Å². The van der Waals surface area contributed by atoms with E-state index in [0.29, 0.717) is 5.69 Å². The second kappa shape index (κ2) is 7.46. The van der Waals surface area contributed by atoms with Crippen LogP contribution in [0.2, 0.25) is 0 Å². The third kappa shape index (κ3) is 4.56. The minimum atomic E-state index is -3.79. The Balaban J connectivity index is 2.38. The Labute approximate surface area is 142 Å². The number of nitrogen functional groups attached to an aromatic ring is 1. The molecule has 0 unspecified atom stereocenters. The van der Waals surface area contributed by atoms with Gasteiger partial charge < -0.3 is 11.5 Å². The predicted octanol–water partition coefficient (Wildman–Crippen LogP) is 1.64. The lowest BCUT2D eigenvalue weighted by molar-refractivity contribution is -0.118. The highest BCUT2D eigenvalue weighted by molar-refractivity contribution is 7.89. The molecule has 0 spiro atoms. The van der Waals surface area contributed by atoms with Gasteiger partial charge in [-0.05, 0) is 36.2 Å². The van der Waals surface area contributed by atoms with Crippen LogP contribution in [0, 0.1) is 6.92 Å². The van der Waals surface area contributed by atoms with Crippen molar-refractivity contribution in [1.29, 1.82) is 0 Å². The van der Waals surface area contributed by atoms with E-state index in [2.05, 4.69) is 0 Å². The Bertz CT molecular complexity index is 800. The number of carbonyl (C=O) groups is 1. The van der Waals surface area contributed by atoms with Crippen molar-refractivity contribution in [3.05, 3.63) is 59.7 Å². The first-order valence-electron chi connectivity index (χ1n) is 7.48. The number of carbonyl (C=O) groups excluding carboxylic acids is 1. The van der Waals surface area contributed by atoms with E-state index in [1.54, 1.807) is 19.1 Å². The fourth-order valence-corrected chi connectivity index (χ4v) is 3.95. The summed E-state index contributed by atoms with van der Waals surface area (Å²) in [6, 6.07) is 13.9. The van der Waals surface area contributed by atoms with Crippen LogP contribution in [0.4, 0.5) is 5.69 Å². The number of hydrogen-bond donors (Lipinski definition) is 2. The van der Waals surface area contributed by atoms with E-state index in [-0.39, 0.29) is 24.4 Å². The topological polar surface area (TPSA) is 106 Å². The van der Waals surface area contributed by atoms with Crippen LogP contribution < -0.4 is 11.5 Å². The maximum Gasteiger partial charge on any atom is 0.243 e. The van der Waals surface area contributed by atoms with Crippen molar-refractivity contribution in [3.63, 3.8) is 0 Å². The number of primary amides is 1. The molecular formula is C17H21N3O3S. The first-order valence-corrected chi connectivity index (χ1v) is 8.92. The summed E-state index contributed by atoms with van der Waals surface area (Å²) in [6.07, 6.45) is -0.0483. The zero-order valence-corrected chi connectivity index (χ0v) is 14.3. The van der Waals surface area contributed by atoms with Crippen LogP contribution in [0.1, 0.15) is 17.5 Å². The van der Waals surface area contributed by atoms with E-state index >= 15 is 0 Å². The van der Waals surface area contributed by atoms with Crippen molar-refractivity contribution in [1.82, 2.24) is 4.31 Å². The van der Waals surface area contributed by atoms with Crippen molar-refractivity contribution >= 4 is 21.6 Å². The van der Waals surface area contributed by atoms with Gasteiger partial charge in [-0.25, -0.2) is 8.42 Å². The smallest absolute Gasteiger partial charge is 0.243 e. The molecule has 2 aromatic rings. The molecule has 0 atom stereocenters. The van der Waals surface area contributed by atoms with Crippen LogP contribution in [0.25, 0.3) is 0 Å². The Kier molecular flexibility index (Phi) is 5.58. The maximum absolute atomic E-state index is 13.0. The Morgan fingerprint density at radius 3 is 2.38 bits per heavy atom. The van der Waals surface area contributed by atoms with Gasteiger partial charge in [-0.15, -0.1) is 0 Å². The number of nitrogens with zero attached hydrogens (tertiary/aromatic N) is 1. The molecule has 0 bridgehead atoms. The van der Waals surface area contributed by atoms with Gasteiger partial charge in [-0.3, -0.25) is 4.79 Å². The van der Waals surface area contributed by atoms with Crippen LogP contribution in [0.5, 0.6) is 0 Å². The van der Waals surface area contributed by atoms with Crippen LogP contribution in [0.15, 0.2) is 53.4 Å². The highest BCUT2D eigenvalue weighted by atomic mass is 32.2. The lowest BCUT2D eigenvalue weighted by atomic mass is 10.2. The highest BCUT2D eigenvalue weighted by Gasteiger charge is 2.25. The summed E-state index contributed by atoms with van der Waals surface area (Å²) in [5.41, 5.74) is 12.9. The number of aryl methyl sites for hydroxylation is 1. The fourth-order valence-electron chi connectivity index (χ4n) is 2.38. The standard InChI is InChI=1S/C17H21N3O3S/c1-13-9-15(18)11-16(10-13)24(22,23)20(8-7-17(19)21)12-14-5-3-2-4-6-14/h2-6,9-11H,7-8,12,18H2,1H3,(H2,19,21). The number of anilines is 1. The number of benzene rings is 2. The lowest BCUT2D eigenvalue weighted by Gasteiger charge is -2.22. The van der Waals surface area contributed by atoms with Crippen LogP contribution in [-0.4, -0.2) is 25.2 Å². The number of sulfonamides is 1. The summed E-state index contributed by atoms with van der Waals surface area (Å²) in [6.45, 7) is 1.95. The van der Waals surface area contributed by atoms with Crippen molar-refractivity contribution in [3.8, 4) is 0 Å². The van der Waals surface area contributed by atoms with Gasteiger partial charge in [-0.1, -0.05) is 30.3 Å². The molecule has 2 aromatic carbocycles. The average molecular weight is 347 g/mol. The molecule has 0 radical (unpaired) electrons. The minimum Gasteiger partial charge on any atom is -0.399 e. The molecule has 2 rings (SSSR count). The van der Waals surface area contributed by atoms with Gasteiger partial charge in [-0.2, -0.15) is 4.31 Å². The number of nitrogens with two attached hydrogens (primary N) is 2. The zero-order chi connectivity index (χ0) is 17.7. The lowest BCUT2D eigenvalue weighted by Crippen LogP contribution is -2.33. The molecule has 0 aliphatic heterocycles. The Morgan fingerprint density at radius 1 is 1.12 bits per heavy atom. The molecule has 6 nitrogen and oxygen atoms in total. The summed E-state index contributed by atoms with van der Waals surface area (Å²) < 4.78 is 27.2. The minimum absolute atomic E-state index is 0.0143. The molecule has 0 heterocycles. The average Bonchev–Trinajstić information content (AvgIpc) is 2.51. The van der Waals surface area contributed by atoms with Gasteiger partial charge in [0, 0.05) is 25.2 Å². The van der Waals surface area contributed by atoms with Gasteiger partial charge in [0.2, 0.25) is 15.9 Å². The van der Waals surface area contributed by atoms with Gasteiger partial charge in [0.25, 0.3) is 0 Å². The summed E-state index contributed by atoms with van der Waals surface area (Å²) in [5.74, 6) is -0.549. The SMILES string of the molecule is Cc1cc(N)cc(S(=O)(=O)N(CCC(N)=O)Cc2ccccc2)c1. The van der Waals surface area contributed by atoms with Gasteiger partial charge in [0.05, 0.1) is 4.90 Å². The summed E-state index contributed by atoms with van der Waals surface area (Å²) in [4.78, 5) is 11.2. The van der Waals surface area contributed by atoms with E-state index in [9.17, 15) is 13.2 Å². The number of rotatable bonds is 7. The van der Waals surface area contributed by atoms with Gasteiger partial charge in [0.15, 0.2) is 0 Å². The largest absolute Gasteiger partial charge is 0.399 e. The molecule has 0 fully saturated rings. The second-order valence-corrected chi connectivity index (χ2v) is 7.56. The third-order valence-electron chi connectivity index (χ3n) is 3.52. The number of amides is 1. The summed E-state index contributed by atoms with van der Waals surface area (Å²) in [7, 11) is -3.79. The molecule has 4 N–H and O–H groups in total. The molecule has 24 heavy (non-hydrogen) atoms. The van der Waals surface area contributed by atoms with Crippen LogP contribution in [-0.2, 0) is 21.4 Å². The van der Waals surface area contributed by atoms with Crippen molar-refractivity contribution in [2.75, 3.05) is 12.3 Å². The molecule has 128 valence electrons. The van der Waals surface area contributed by atoms with Gasteiger partial charge >= 0.3 is 0 Å². The van der Waals surface area contributed by atoms with E-state index < -0.39 is 15.9 Å². The fraction of sp³-hybridized carbons (Fsp3) is 0.235. The Morgan fingerprint density at radius 2 is 1.79 bits per heavy atom. The zero-order valence-electron chi connectivity index (χ0n) is 13.5. The third-order valence-corrected chi connectivity index (χ3v) is 5.34. The monoisotopic (exact) mass is 347 g/mol. The van der Waals surface area contributed by atoms with E-state index in [1.807, 2.05) is 30.3 Å². The Hall–Kier alpha value is -2.38. The predicted molar refractivity (Wildman–Crippen MR) is 93.4 cm³/mol. The highest BCUT2D eigenvalue weighted by Crippen LogP contribution is 2.22. The van der Waals surface area contributed by atoms with E-state index in [4.69, 9.17) is 11.5 Å². The molecule has 0 aliphatic carbocycles. The molecule has 7 heteroatoms. The van der Waals surface area contributed by atoms with Crippen molar-refractivity contribution in [2.24, 2.45) is 5.73 Å². The molecule has 0 aromatic heterocycles. The first-order chi connectivity index (χ1) is 11.3. The first kappa shape index (κ1) is 18.0.